The molecule has 0 aliphatic carbocycles. The molecule has 2 unspecified atom stereocenters. The van der Waals surface area contributed by atoms with Crippen molar-refractivity contribution >= 4 is 12.1 Å². The summed E-state index contributed by atoms with van der Waals surface area (Å²) in [5.74, 6) is -0.310. The van der Waals surface area contributed by atoms with Crippen LogP contribution in [0.1, 0.15) is 53.4 Å². The zero-order valence-corrected chi connectivity index (χ0v) is 13.5. The van der Waals surface area contributed by atoms with Gasteiger partial charge in [0.1, 0.15) is 5.60 Å². The Balaban J connectivity index is 3.05. The zero-order chi connectivity index (χ0) is 16.3. The largest absolute Gasteiger partial charge is 0.465 e. The Kier molecular flexibility index (Phi) is 5.42. The molecule has 2 atom stereocenters. The van der Waals surface area contributed by atoms with Gasteiger partial charge in [0.15, 0.2) is 0 Å². The number of ether oxygens (including phenoxy) is 1. The number of carboxylic acid groups (broad SMARTS) is 1. The lowest BCUT2D eigenvalue weighted by molar-refractivity contribution is -0.167. The molecule has 1 saturated heterocycles. The second-order valence-electron chi connectivity index (χ2n) is 6.92. The maximum Gasteiger partial charge on any atom is 0.407 e. The fourth-order valence-electron chi connectivity index (χ4n) is 3.09. The summed E-state index contributed by atoms with van der Waals surface area (Å²) in [7, 11) is 0. The lowest BCUT2D eigenvalue weighted by Crippen LogP contribution is -2.57. The molecule has 1 aliphatic rings. The first-order valence-electron chi connectivity index (χ1n) is 7.41. The Morgan fingerprint density at radius 1 is 1.48 bits per heavy atom. The van der Waals surface area contributed by atoms with Crippen molar-refractivity contribution in [3.05, 3.63) is 12.7 Å². The normalized spacial score (nSPS) is 26.3. The maximum atomic E-state index is 11.5. The lowest BCUT2D eigenvalue weighted by atomic mass is 9.73. The van der Waals surface area contributed by atoms with Crippen molar-refractivity contribution in [1.29, 1.82) is 0 Å². The van der Waals surface area contributed by atoms with Crippen LogP contribution in [-0.4, -0.2) is 40.3 Å². The maximum absolute atomic E-state index is 11.5. The first-order chi connectivity index (χ1) is 9.61. The first-order valence-corrected chi connectivity index (χ1v) is 7.41. The summed E-state index contributed by atoms with van der Waals surface area (Å²) in [6.07, 6.45) is 3.42. The van der Waals surface area contributed by atoms with Gasteiger partial charge in [0.05, 0.1) is 0 Å². The molecule has 1 rings (SSSR count). The molecule has 5 nitrogen and oxygen atoms in total. The fraction of sp³-hybridized carbons (Fsp3) is 0.750. The Hall–Kier alpha value is -1.52. The Morgan fingerprint density at radius 2 is 2.10 bits per heavy atom. The van der Waals surface area contributed by atoms with E-state index < -0.39 is 11.7 Å². The van der Waals surface area contributed by atoms with Gasteiger partial charge in [-0.2, -0.15) is 0 Å². The van der Waals surface area contributed by atoms with Gasteiger partial charge in [-0.1, -0.05) is 26.8 Å². The molecule has 120 valence electrons. The summed E-state index contributed by atoms with van der Waals surface area (Å²) in [5, 5.41) is 9.40. The van der Waals surface area contributed by atoms with Gasteiger partial charge in [0, 0.05) is 32.4 Å². The third-order valence-corrected chi connectivity index (χ3v) is 4.16. The number of hydrogen-bond acceptors (Lipinski definition) is 3. The second-order valence-corrected chi connectivity index (χ2v) is 6.92. The van der Waals surface area contributed by atoms with Gasteiger partial charge >= 0.3 is 12.1 Å². The van der Waals surface area contributed by atoms with Crippen molar-refractivity contribution in [3.63, 3.8) is 0 Å². The van der Waals surface area contributed by atoms with Gasteiger partial charge in [-0.25, -0.2) is 4.79 Å². The summed E-state index contributed by atoms with van der Waals surface area (Å²) < 4.78 is 5.63. The molecule has 1 fully saturated rings. The lowest BCUT2D eigenvalue weighted by Gasteiger charge is -2.49. The average molecular weight is 297 g/mol. The first kappa shape index (κ1) is 17.5. The van der Waals surface area contributed by atoms with Crippen LogP contribution in [0.3, 0.4) is 0 Å². The van der Waals surface area contributed by atoms with Crippen LogP contribution in [0.2, 0.25) is 0 Å². The number of amides is 1. The van der Waals surface area contributed by atoms with Crippen molar-refractivity contribution in [3.8, 4) is 0 Å². The summed E-state index contributed by atoms with van der Waals surface area (Å²) >= 11 is 0. The molecule has 1 heterocycles. The summed E-state index contributed by atoms with van der Waals surface area (Å²) in [4.78, 5) is 24.4. The van der Waals surface area contributed by atoms with Gasteiger partial charge in [-0.3, -0.25) is 4.79 Å². The minimum atomic E-state index is -0.907. The molecule has 1 N–H and O–H groups in total. The van der Waals surface area contributed by atoms with Crippen molar-refractivity contribution in [2.75, 3.05) is 6.54 Å². The summed E-state index contributed by atoms with van der Waals surface area (Å²) in [6, 6.07) is -0.173. The highest BCUT2D eigenvalue weighted by Gasteiger charge is 2.47. The monoisotopic (exact) mass is 297 g/mol. The van der Waals surface area contributed by atoms with Gasteiger partial charge in [-0.05, 0) is 18.3 Å². The Labute approximate surface area is 127 Å². The van der Waals surface area contributed by atoms with E-state index >= 15 is 0 Å². The van der Waals surface area contributed by atoms with E-state index in [0.717, 1.165) is 6.42 Å². The molecule has 21 heavy (non-hydrogen) atoms. The van der Waals surface area contributed by atoms with Crippen LogP contribution < -0.4 is 0 Å². The fourth-order valence-corrected chi connectivity index (χ4v) is 3.09. The molecule has 0 aromatic rings. The van der Waals surface area contributed by atoms with Crippen LogP contribution in [-0.2, 0) is 9.53 Å². The molecule has 0 aromatic carbocycles. The van der Waals surface area contributed by atoms with Crippen LogP contribution in [0.4, 0.5) is 4.79 Å². The number of nitrogens with zero attached hydrogens (tertiary/aromatic N) is 1. The van der Waals surface area contributed by atoms with E-state index in [1.54, 1.807) is 6.08 Å². The number of rotatable bonds is 4. The van der Waals surface area contributed by atoms with E-state index in [0.29, 0.717) is 25.8 Å². The highest BCUT2D eigenvalue weighted by molar-refractivity contribution is 5.67. The van der Waals surface area contributed by atoms with Crippen LogP contribution in [0.5, 0.6) is 0 Å². The van der Waals surface area contributed by atoms with E-state index in [1.165, 1.54) is 11.8 Å². The van der Waals surface area contributed by atoms with Gasteiger partial charge in [0.2, 0.25) is 0 Å². The number of allylic oxidation sites excluding steroid dienone is 1. The van der Waals surface area contributed by atoms with Crippen LogP contribution in [0, 0.1) is 5.41 Å². The van der Waals surface area contributed by atoms with E-state index in [9.17, 15) is 14.7 Å². The minimum Gasteiger partial charge on any atom is -0.465 e. The number of carbonyl (C=O) groups excluding carboxylic acids is 1. The van der Waals surface area contributed by atoms with Crippen molar-refractivity contribution in [2.45, 2.75) is 65.0 Å². The molecular weight excluding hydrogens is 270 g/mol. The molecule has 0 radical (unpaired) electrons. The molecule has 1 aliphatic heterocycles. The number of piperidine rings is 1. The van der Waals surface area contributed by atoms with E-state index in [4.69, 9.17) is 4.74 Å². The molecule has 5 heteroatoms. The molecule has 0 aromatic heterocycles. The van der Waals surface area contributed by atoms with Crippen LogP contribution in [0.15, 0.2) is 12.7 Å². The number of carbonyl (C=O) groups is 2. The van der Waals surface area contributed by atoms with Crippen molar-refractivity contribution in [2.24, 2.45) is 5.41 Å². The van der Waals surface area contributed by atoms with Gasteiger partial charge < -0.3 is 14.7 Å². The highest BCUT2D eigenvalue weighted by atomic mass is 16.6. The van der Waals surface area contributed by atoms with Crippen molar-refractivity contribution in [1.82, 2.24) is 4.90 Å². The zero-order valence-electron chi connectivity index (χ0n) is 13.5. The van der Waals surface area contributed by atoms with Crippen LogP contribution in [0.25, 0.3) is 0 Å². The summed E-state index contributed by atoms with van der Waals surface area (Å²) in [5.41, 5.74) is -0.789. The molecular formula is C16H27NO4. The molecule has 0 saturated carbocycles. The third kappa shape index (κ3) is 4.48. The Bertz CT molecular complexity index is 413. The Morgan fingerprint density at radius 3 is 2.52 bits per heavy atom. The number of hydrogen-bond donors (Lipinski definition) is 1. The standard InChI is InChI=1S/C16H27NO4/c1-6-7-8-16(21-12(2)18)9-10-17(14(19)20)13(11-16)15(3,4)5/h6,13H,1,7-11H2,2-5H3,(H,19,20). The predicted octanol–water partition coefficient (Wildman–Crippen LogP) is 3.44. The van der Waals surface area contributed by atoms with Gasteiger partial charge in [-0.15, -0.1) is 6.58 Å². The van der Waals surface area contributed by atoms with E-state index in [-0.39, 0.29) is 17.4 Å². The third-order valence-electron chi connectivity index (χ3n) is 4.16. The topological polar surface area (TPSA) is 66.8 Å². The number of likely N-dealkylation sites (tertiary alicyclic amines) is 1. The van der Waals surface area contributed by atoms with E-state index in [2.05, 4.69) is 6.58 Å². The molecule has 0 spiro atoms. The SMILES string of the molecule is C=CCCC1(OC(C)=O)CCN(C(=O)O)C(C(C)(C)C)C1. The van der Waals surface area contributed by atoms with Gasteiger partial charge in [0.25, 0.3) is 0 Å². The van der Waals surface area contributed by atoms with Crippen molar-refractivity contribution < 1.29 is 19.4 Å². The minimum absolute atomic E-state index is 0.173. The second kappa shape index (κ2) is 6.50. The average Bonchev–Trinajstić information content (AvgIpc) is 2.34. The number of esters is 1. The quantitative estimate of drug-likeness (QED) is 0.637. The highest BCUT2D eigenvalue weighted by Crippen LogP contribution is 2.41. The van der Waals surface area contributed by atoms with Crippen LogP contribution >= 0.6 is 0 Å². The smallest absolute Gasteiger partial charge is 0.407 e. The molecule has 0 bridgehead atoms. The molecule has 1 amide bonds. The van der Waals surface area contributed by atoms with E-state index in [1.807, 2.05) is 20.8 Å². The predicted molar refractivity (Wildman–Crippen MR) is 81.1 cm³/mol. The summed E-state index contributed by atoms with van der Waals surface area (Å²) in [6.45, 7) is 11.6.